The second kappa shape index (κ2) is 7.13. The third-order valence-electron chi connectivity index (χ3n) is 4.06. The lowest BCUT2D eigenvalue weighted by molar-refractivity contribution is -0.126. The molecule has 1 amide bonds. The van der Waals surface area contributed by atoms with Gasteiger partial charge in [-0.05, 0) is 19.1 Å². The van der Waals surface area contributed by atoms with Crippen LogP contribution >= 0.6 is 15.9 Å². The SMILES string of the molecule is CC(Br)/C=C/C(=O)N1CCN(c2ccnc3ccccc23)CC1. The minimum atomic E-state index is 0.0931. The number of pyridine rings is 1. The first kappa shape index (κ1) is 16.0. The fourth-order valence-corrected chi connectivity index (χ4v) is 3.00. The van der Waals surface area contributed by atoms with E-state index in [1.807, 2.05) is 42.3 Å². The Kier molecular flexibility index (Phi) is 4.96. The topological polar surface area (TPSA) is 36.4 Å². The van der Waals surface area contributed by atoms with Crippen molar-refractivity contribution in [2.24, 2.45) is 0 Å². The van der Waals surface area contributed by atoms with Gasteiger partial charge in [-0.1, -0.05) is 40.2 Å². The summed E-state index contributed by atoms with van der Waals surface area (Å²) in [6.07, 6.45) is 5.40. The second-order valence-electron chi connectivity index (χ2n) is 5.70. The molecule has 1 aromatic carbocycles. The maximum absolute atomic E-state index is 12.1. The van der Waals surface area contributed by atoms with E-state index in [0.29, 0.717) is 0 Å². The number of benzene rings is 1. The molecule has 23 heavy (non-hydrogen) atoms. The molecule has 0 radical (unpaired) electrons. The van der Waals surface area contributed by atoms with Gasteiger partial charge in [0.1, 0.15) is 0 Å². The zero-order chi connectivity index (χ0) is 16.2. The first-order valence-corrected chi connectivity index (χ1v) is 8.76. The van der Waals surface area contributed by atoms with Crippen molar-refractivity contribution in [2.45, 2.75) is 11.8 Å². The predicted molar refractivity (Wildman–Crippen MR) is 98.1 cm³/mol. The molecular formula is C18H20BrN3O. The molecule has 1 saturated heterocycles. The van der Waals surface area contributed by atoms with Crippen LogP contribution < -0.4 is 4.90 Å². The molecule has 0 spiro atoms. The number of amides is 1. The first-order chi connectivity index (χ1) is 11.1. The van der Waals surface area contributed by atoms with Crippen LogP contribution in [0, 0.1) is 0 Å². The second-order valence-corrected chi connectivity index (χ2v) is 7.14. The Morgan fingerprint density at radius 2 is 1.96 bits per heavy atom. The smallest absolute Gasteiger partial charge is 0.246 e. The number of para-hydroxylation sites is 1. The van der Waals surface area contributed by atoms with E-state index in [0.717, 1.165) is 31.7 Å². The van der Waals surface area contributed by atoms with Gasteiger partial charge in [0, 0.05) is 54.4 Å². The molecule has 2 aromatic rings. The van der Waals surface area contributed by atoms with Crippen molar-refractivity contribution in [3.05, 3.63) is 48.7 Å². The number of halogens is 1. The van der Waals surface area contributed by atoms with E-state index in [2.05, 4.69) is 37.9 Å². The van der Waals surface area contributed by atoms with Crippen molar-refractivity contribution >= 4 is 38.4 Å². The molecule has 1 aromatic heterocycles. The number of alkyl halides is 1. The first-order valence-electron chi connectivity index (χ1n) is 7.85. The largest absolute Gasteiger partial charge is 0.367 e. The maximum Gasteiger partial charge on any atom is 0.246 e. The molecule has 1 atom stereocenters. The summed E-state index contributed by atoms with van der Waals surface area (Å²) in [4.78, 5) is 21.0. The van der Waals surface area contributed by atoms with Crippen LogP contribution in [0.4, 0.5) is 5.69 Å². The van der Waals surface area contributed by atoms with E-state index in [1.54, 1.807) is 6.08 Å². The molecule has 0 saturated carbocycles. The molecule has 3 rings (SSSR count). The molecule has 0 aliphatic carbocycles. The Balaban J connectivity index is 1.70. The number of aromatic nitrogens is 1. The van der Waals surface area contributed by atoms with Gasteiger partial charge in [0.25, 0.3) is 0 Å². The maximum atomic E-state index is 12.1. The number of fused-ring (bicyclic) bond motifs is 1. The van der Waals surface area contributed by atoms with Crippen molar-refractivity contribution in [1.82, 2.24) is 9.88 Å². The number of allylic oxidation sites excluding steroid dienone is 1. The minimum absolute atomic E-state index is 0.0931. The number of hydrogen-bond acceptors (Lipinski definition) is 3. The van der Waals surface area contributed by atoms with Crippen LogP contribution in [0.3, 0.4) is 0 Å². The van der Waals surface area contributed by atoms with Gasteiger partial charge in [0.15, 0.2) is 0 Å². The van der Waals surface area contributed by atoms with Crippen molar-refractivity contribution in [3.63, 3.8) is 0 Å². The zero-order valence-electron chi connectivity index (χ0n) is 13.2. The number of hydrogen-bond donors (Lipinski definition) is 0. The Labute approximate surface area is 144 Å². The average Bonchev–Trinajstić information content (AvgIpc) is 2.59. The van der Waals surface area contributed by atoms with Crippen LogP contribution in [-0.2, 0) is 4.79 Å². The Morgan fingerprint density at radius 1 is 1.22 bits per heavy atom. The molecule has 4 nitrogen and oxygen atoms in total. The fourth-order valence-electron chi connectivity index (χ4n) is 2.84. The quantitative estimate of drug-likeness (QED) is 0.612. The zero-order valence-corrected chi connectivity index (χ0v) is 14.7. The van der Waals surface area contributed by atoms with Crippen molar-refractivity contribution < 1.29 is 4.79 Å². The highest BCUT2D eigenvalue weighted by atomic mass is 79.9. The van der Waals surface area contributed by atoms with Crippen molar-refractivity contribution in [1.29, 1.82) is 0 Å². The predicted octanol–water partition coefficient (Wildman–Crippen LogP) is 3.22. The summed E-state index contributed by atoms with van der Waals surface area (Å²) in [7, 11) is 0. The van der Waals surface area contributed by atoms with Crippen LogP contribution in [0.25, 0.3) is 10.9 Å². The number of nitrogens with zero attached hydrogens (tertiary/aromatic N) is 3. The lowest BCUT2D eigenvalue weighted by Gasteiger charge is -2.36. The molecule has 1 fully saturated rings. The fraction of sp³-hybridized carbons (Fsp3) is 0.333. The number of anilines is 1. The van der Waals surface area contributed by atoms with Crippen molar-refractivity contribution in [2.75, 3.05) is 31.1 Å². The summed E-state index contributed by atoms with van der Waals surface area (Å²) in [6.45, 7) is 5.18. The molecule has 5 heteroatoms. The standard InChI is InChI=1S/C18H20BrN3O/c1-14(19)6-7-18(23)22-12-10-21(11-13-22)17-8-9-20-16-5-3-2-4-15(16)17/h2-9,14H,10-13H2,1H3/b7-6+. The molecule has 0 bridgehead atoms. The molecule has 2 heterocycles. The van der Waals surface area contributed by atoms with Gasteiger partial charge in [0.2, 0.25) is 5.91 Å². The van der Waals surface area contributed by atoms with Crippen molar-refractivity contribution in [3.8, 4) is 0 Å². The summed E-state index contributed by atoms with van der Waals surface area (Å²) >= 11 is 3.42. The summed E-state index contributed by atoms with van der Waals surface area (Å²) < 4.78 is 0. The van der Waals surface area contributed by atoms with E-state index in [-0.39, 0.29) is 10.7 Å². The Hall–Kier alpha value is -1.88. The monoisotopic (exact) mass is 373 g/mol. The Morgan fingerprint density at radius 3 is 2.70 bits per heavy atom. The van der Waals surface area contributed by atoms with Crippen LogP contribution in [-0.4, -0.2) is 46.8 Å². The van der Waals surface area contributed by atoms with Gasteiger partial charge in [-0.15, -0.1) is 0 Å². The average molecular weight is 374 g/mol. The number of rotatable bonds is 3. The lowest BCUT2D eigenvalue weighted by Crippen LogP contribution is -2.48. The highest BCUT2D eigenvalue weighted by Gasteiger charge is 2.21. The summed E-state index contributed by atoms with van der Waals surface area (Å²) in [5.74, 6) is 0.0931. The normalized spacial score (nSPS) is 17.0. The van der Waals surface area contributed by atoms with E-state index in [1.165, 1.54) is 11.1 Å². The highest BCUT2D eigenvalue weighted by molar-refractivity contribution is 9.09. The van der Waals surface area contributed by atoms with Crippen LogP contribution in [0.5, 0.6) is 0 Å². The van der Waals surface area contributed by atoms with E-state index < -0.39 is 0 Å². The van der Waals surface area contributed by atoms with Gasteiger partial charge >= 0.3 is 0 Å². The molecular weight excluding hydrogens is 354 g/mol. The summed E-state index contributed by atoms with van der Waals surface area (Å²) in [5.41, 5.74) is 2.21. The third kappa shape index (κ3) is 3.72. The summed E-state index contributed by atoms with van der Waals surface area (Å²) in [6, 6.07) is 10.2. The van der Waals surface area contributed by atoms with Gasteiger partial charge < -0.3 is 9.80 Å². The number of carbonyl (C=O) groups excluding carboxylic acids is 1. The van der Waals surface area contributed by atoms with Gasteiger partial charge in [-0.2, -0.15) is 0 Å². The lowest BCUT2D eigenvalue weighted by atomic mass is 10.1. The van der Waals surface area contributed by atoms with Crippen LogP contribution in [0.1, 0.15) is 6.92 Å². The van der Waals surface area contributed by atoms with E-state index in [4.69, 9.17) is 0 Å². The summed E-state index contributed by atoms with van der Waals surface area (Å²) in [5, 5.41) is 1.17. The number of carbonyl (C=O) groups is 1. The van der Waals surface area contributed by atoms with Crippen LogP contribution in [0.2, 0.25) is 0 Å². The van der Waals surface area contributed by atoms with Crippen LogP contribution in [0.15, 0.2) is 48.7 Å². The van der Waals surface area contributed by atoms with Gasteiger partial charge in [-0.25, -0.2) is 0 Å². The van der Waals surface area contributed by atoms with E-state index >= 15 is 0 Å². The Bertz CT molecular complexity index is 716. The highest BCUT2D eigenvalue weighted by Crippen LogP contribution is 2.26. The van der Waals surface area contributed by atoms with E-state index in [9.17, 15) is 4.79 Å². The molecule has 1 unspecified atom stereocenters. The third-order valence-corrected chi connectivity index (χ3v) is 4.37. The number of piperazine rings is 1. The van der Waals surface area contributed by atoms with Gasteiger partial charge in [-0.3, -0.25) is 9.78 Å². The molecule has 120 valence electrons. The molecule has 1 aliphatic heterocycles. The molecule has 1 aliphatic rings. The van der Waals surface area contributed by atoms with Gasteiger partial charge in [0.05, 0.1) is 5.52 Å². The minimum Gasteiger partial charge on any atom is -0.367 e. The molecule has 0 N–H and O–H groups in total.